The molecular formula is C21H17N5S. The second-order valence-electron chi connectivity index (χ2n) is 6.30. The third-order valence-electron chi connectivity index (χ3n) is 4.55. The van der Waals surface area contributed by atoms with Crippen molar-refractivity contribution in [3.8, 4) is 11.1 Å². The van der Waals surface area contributed by atoms with E-state index in [4.69, 9.17) is 0 Å². The van der Waals surface area contributed by atoms with Crippen LogP contribution in [0.5, 0.6) is 0 Å². The number of benzene rings is 2. The molecule has 0 saturated carbocycles. The van der Waals surface area contributed by atoms with Gasteiger partial charge in [-0.1, -0.05) is 42.5 Å². The first-order chi connectivity index (χ1) is 13.4. The maximum Gasteiger partial charge on any atom is 0.138 e. The third-order valence-corrected chi connectivity index (χ3v) is 5.43. The Hall–Kier alpha value is -3.25. The van der Waals surface area contributed by atoms with Gasteiger partial charge in [0.15, 0.2) is 0 Å². The summed E-state index contributed by atoms with van der Waals surface area (Å²) in [6.07, 6.45) is 2.42. The highest BCUT2D eigenvalue weighted by Gasteiger charge is 2.13. The number of rotatable bonds is 5. The molecule has 0 amide bonds. The lowest BCUT2D eigenvalue weighted by Crippen LogP contribution is -2.07. The highest BCUT2D eigenvalue weighted by Crippen LogP contribution is 2.36. The largest absolute Gasteiger partial charge is 0.369 e. The van der Waals surface area contributed by atoms with Crippen LogP contribution in [-0.2, 0) is 6.42 Å². The van der Waals surface area contributed by atoms with E-state index in [9.17, 15) is 0 Å². The number of nitrogens with zero attached hydrogens (tertiary/aromatic N) is 3. The van der Waals surface area contributed by atoms with Crippen molar-refractivity contribution >= 4 is 38.4 Å². The third kappa shape index (κ3) is 3.04. The van der Waals surface area contributed by atoms with Crippen molar-refractivity contribution in [2.75, 3.05) is 11.9 Å². The first-order valence-corrected chi connectivity index (χ1v) is 9.71. The van der Waals surface area contributed by atoms with Gasteiger partial charge in [-0.3, -0.25) is 0 Å². The molecule has 0 unspecified atom stereocenters. The lowest BCUT2D eigenvalue weighted by atomic mass is 10.1. The molecular weight excluding hydrogens is 354 g/mol. The van der Waals surface area contributed by atoms with Gasteiger partial charge in [0.2, 0.25) is 0 Å². The van der Waals surface area contributed by atoms with Gasteiger partial charge in [0.1, 0.15) is 22.8 Å². The van der Waals surface area contributed by atoms with Crippen molar-refractivity contribution in [1.82, 2.24) is 19.9 Å². The number of H-pyrrole nitrogens is 1. The number of thiophene rings is 1. The van der Waals surface area contributed by atoms with Gasteiger partial charge in [-0.2, -0.15) is 0 Å². The molecule has 5 aromatic rings. The molecule has 5 nitrogen and oxygen atoms in total. The Balaban J connectivity index is 1.41. The van der Waals surface area contributed by atoms with Gasteiger partial charge in [0.25, 0.3) is 0 Å². The smallest absolute Gasteiger partial charge is 0.138 e. The van der Waals surface area contributed by atoms with Gasteiger partial charge < -0.3 is 10.3 Å². The van der Waals surface area contributed by atoms with Crippen molar-refractivity contribution in [2.24, 2.45) is 0 Å². The number of para-hydroxylation sites is 2. The van der Waals surface area contributed by atoms with Crippen molar-refractivity contribution < 1.29 is 0 Å². The van der Waals surface area contributed by atoms with E-state index in [0.717, 1.165) is 45.9 Å². The summed E-state index contributed by atoms with van der Waals surface area (Å²) in [5.41, 5.74) is 4.42. The standard InChI is InChI=1S/C21H17N5S/c1-2-6-14(7-3-1)15-12-27-21-19(15)20(23-13-24-21)22-11-10-18-25-16-8-4-5-9-17(16)26-18/h1-9,12-13H,10-11H2,(H,25,26)(H,22,23,24). The SMILES string of the molecule is c1ccc(-c2csc3ncnc(NCCc4nc5ccccc5[nH]4)c23)cc1. The molecule has 0 aliphatic rings. The maximum absolute atomic E-state index is 4.64. The van der Waals surface area contributed by atoms with Crippen LogP contribution in [0.4, 0.5) is 5.82 Å². The molecule has 2 aromatic carbocycles. The quantitative estimate of drug-likeness (QED) is 0.462. The number of anilines is 1. The summed E-state index contributed by atoms with van der Waals surface area (Å²) in [5.74, 6) is 1.85. The molecule has 0 aliphatic carbocycles. The Kier molecular flexibility index (Phi) is 4.03. The van der Waals surface area contributed by atoms with Crippen LogP contribution in [0.25, 0.3) is 32.4 Å². The normalized spacial score (nSPS) is 11.3. The summed E-state index contributed by atoms with van der Waals surface area (Å²) in [5, 5.41) is 6.71. The fourth-order valence-corrected chi connectivity index (χ4v) is 4.18. The molecule has 0 bridgehead atoms. The van der Waals surface area contributed by atoms with E-state index in [-0.39, 0.29) is 0 Å². The van der Waals surface area contributed by atoms with Crippen LogP contribution in [0, 0.1) is 0 Å². The van der Waals surface area contributed by atoms with Crippen LogP contribution in [-0.4, -0.2) is 26.5 Å². The number of nitrogens with one attached hydrogen (secondary N) is 2. The summed E-state index contributed by atoms with van der Waals surface area (Å²) in [6.45, 7) is 0.746. The highest BCUT2D eigenvalue weighted by atomic mass is 32.1. The van der Waals surface area contributed by atoms with Gasteiger partial charge >= 0.3 is 0 Å². The second kappa shape index (κ2) is 6.81. The number of fused-ring (bicyclic) bond motifs is 2. The lowest BCUT2D eigenvalue weighted by Gasteiger charge is -2.07. The Bertz CT molecular complexity index is 1180. The zero-order valence-corrected chi connectivity index (χ0v) is 15.3. The van der Waals surface area contributed by atoms with Crippen LogP contribution in [0.1, 0.15) is 5.82 Å². The van der Waals surface area contributed by atoms with E-state index in [0.29, 0.717) is 0 Å². The van der Waals surface area contributed by atoms with Crippen LogP contribution in [0.3, 0.4) is 0 Å². The fraction of sp³-hybridized carbons (Fsp3) is 0.0952. The Morgan fingerprint density at radius 3 is 2.70 bits per heavy atom. The second-order valence-corrected chi connectivity index (χ2v) is 7.15. The van der Waals surface area contributed by atoms with Gasteiger partial charge in [-0.25, -0.2) is 15.0 Å². The van der Waals surface area contributed by atoms with Gasteiger partial charge in [0, 0.05) is 23.9 Å². The van der Waals surface area contributed by atoms with Crippen molar-refractivity contribution in [1.29, 1.82) is 0 Å². The van der Waals surface area contributed by atoms with Gasteiger partial charge in [-0.05, 0) is 17.7 Å². The number of hydrogen-bond acceptors (Lipinski definition) is 5. The van der Waals surface area contributed by atoms with Crippen LogP contribution in [0.15, 0.2) is 66.3 Å². The lowest BCUT2D eigenvalue weighted by molar-refractivity contribution is 0.929. The Morgan fingerprint density at radius 2 is 1.81 bits per heavy atom. The molecule has 0 saturated heterocycles. The fourth-order valence-electron chi connectivity index (χ4n) is 3.26. The van der Waals surface area contributed by atoms with Crippen LogP contribution in [0.2, 0.25) is 0 Å². The van der Waals surface area contributed by atoms with Crippen LogP contribution < -0.4 is 5.32 Å². The molecule has 27 heavy (non-hydrogen) atoms. The average Bonchev–Trinajstić information content (AvgIpc) is 3.33. The number of aromatic amines is 1. The molecule has 2 N–H and O–H groups in total. The molecule has 6 heteroatoms. The monoisotopic (exact) mass is 371 g/mol. The minimum Gasteiger partial charge on any atom is -0.369 e. The van der Waals surface area contributed by atoms with Gasteiger partial charge in [0.05, 0.1) is 16.4 Å². The molecule has 0 aliphatic heterocycles. The zero-order chi connectivity index (χ0) is 18.1. The molecule has 0 spiro atoms. The van der Waals surface area contributed by atoms with Crippen LogP contribution >= 0.6 is 11.3 Å². The molecule has 132 valence electrons. The molecule has 3 aromatic heterocycles. The molecule has 0 radical (unpaired) electrons. The average molecular weight is 371 g/mol. The highest BCUT2D eigenvalue weighted by molar-refractivity contribution is 7.17. The Labute approximate surface area is 160 Å². The summed E-state index contributed by atoms with van der Waals surface area (Å²) in [7, 11) is 0. The predicted molar refractivity (Wildman–Crippen MR) is 111 cm³/mol. The Morgan fingerprint density at radius 1 is 0.963 bits per heavy atom. The number of aromatic nitrogens is 4. The topological polar surface area (TPSA) is 66.5 Å². The molecule has 0 atom stereocenters. The molecule has 5 rings (SSSR count). The minimum atomic E-state index is 0.746. The summed E-state index contributed by atoms with van der Waals surface area (Å²) >= 11 is 1.65. The van der Waals surface area contributed by atoms with Crippen molar-refractivity contribution in [3.63, 3.8) is 0 Å². The van der Waals surface area contributed by atoms with Crippen molar-refractivity contribution in [2.45, 2.75) is 6.42 Å². The summed E-state index contributed by atoms with van der Waals surface area (Å²) in [4.78, 5) is 17.9. The summed E-state index contributed by atoms with van der Waals surface area (Å²) < 4.78 is 0. The summed E-state index contributed by atoms with van der Waals surface area (Å²) in [6, 6.07) is 18.5. The van der Waals surface area contributed by atoms with E-state index >= 15 is 0 Å². The first-order valence-electron chi connectivity index (χ1n) is 8.83. The van der Waals surface area contributed by atoms with Crippen molar-refractivity contribution in [3.05, 3.63) is 72.1 Å². The minimum absolute atomic E-state index is 0.746. The maximum atomic E-state index is 4.64. The van der Waals surface area contributed by atoms with E-state index < -0.39 is 0 Å². The predicted octanol–water partition coefficient (Wildman–Crippen LogP) is 4.89. The first kappa shape index (κ1) is 16.0. The van der Waals surface area contributed by atoms with E-state index in [1.807, 2.05) is 30.3 Å². The molecule has 0 fully saturated rings. The number of imidazole rings is 1. The van der Waals surface area contributed by atoms with E-state index in [2.05, 4.69) is 54.9 Å². The van der Waals surface area contributed by atoms with Gasteiger partial charge in [-0.15, -0.1) is 11.3 Å². The molecule has 3 heterocycles. The van der Waals surface area contributed by atoms with E-state index in [1.54, 1.807) is 17.7 Å². The zero-order valence-electron chi connectivity index (χ0n) is 14.5. The van der Waals surface area contributed by atoms with E-state index in [1.165, 1.54) is 11.1 Å². The number of hydrogen-bond donors (Lipinski definition) is 2.